The van der Waals surface area contributed by atoms with Gasteiger partial charge in [0.2, 0.25) is 5.89 Å². The lowest BCUT2D eigenvalue weighted by Crippen LogP contribution is -2.44. The van der Waals surface area contributed by atoms with Gasteiger partial charge in [0.1, 0.15) is 6.04 Å². The lowest BCUT2D eigenvalue weighted by atomic mass is 10.0. The van der Waals surface area contributed by atoms with Crippen LogP contribution in [-0.2, 0) is 0 Å². The Bertz CT molecular complexity index is 750. The van der Waals surface area contributed by atoms with E-state index in [0.29, 0.717) is 22.3 Å². The van der Waals surface area contributed by atoms with Crippen molar-refractivity contribution in [2.24, 2.45) is 5.92 Å². The van der Waals surface area contributed by atoms with Crippen molar-refractivity contribution in [3.63, 3.8) is 0 Å². The molecular formula is C18H25Cl2N5O2. The summed E-state index contributed by atoms with van der Waals surface area (Å²) in [5.74, 6) is 0.968. The molecular weight excluding hydrogens is 389 g/mol. The van der Waals surface area contributed by atoms with Gasteiger partial charge in [0.25, 0.3) is 5.91 Å². The Morgan fingerprint density at radius 3 is 2.70 bits per heavy atom. The van der Waals surface area contributed by atoms with Crippen molar-refractivity contribution < 1.29 is 9.32 Å². The van der Waals surface area contributed by atoms with Crippen molar-refractivity contribution in [2.45, 2.75) is 25.9 Å². The van der Waals surface area contributed by atoms with Crippen LogP contribution in [0.1, 0.15) is 48.0 Å². The van der Waals surface area contributed by atoms with Gasteiger partial charge in [0.05, 0.1) is 6.04 Å². The highest BCUT2D eigenvalue weighted by Crippen LogP contribution is 2.24. The molecule has 27 heavy (non-hydrogen) atoms. The molecule has 2 atom stereocenters. The topological polar surface area (TPSA) is 83.3 Å². The maximum absolute atomic E-state index is 12.5. The molecule has 0 spiro atoms. The van der Waals surface area contributed by atoms with E-state index in [1.807, 2.05) is 20.9 Å². The number of rotatable bonds is 5. The van der Waals surface area contributed by atoms with E-state index in [1.54, 1.807) is 24.3 Å². The zero-order chi connectivity index (χ0) is 18.7. The van der Waals surface area contributed by atoms with E-state index in [2.05, 4.69) is 25.7 Å². The molecule has 2 unspecified atom stereocenters. The predicted octanol–water partition coefficient (Wildman–Crippen LogP) is 2.85. The largest absolute Gasteiger partial charge is 0.340 e. The van der Waals surface area contributed by atoms with Gasteiger partial charge in [0, 0.05) is 30.2 Å². The number of hydrogen-bond donors (Lipinski definition) is 2. The Hall–Kier alpha value is -1.67. The summed E-state index contributed by atoms with van der Waals surface area (Å²) in [6, 6.07) is 6.48. The molecule has 0 aliphatic carbocycles. The molecule has 7 nitrogen and oxygen atoms in total. The van der Waals surface area contributed by atoms with Crippen molar-refractivity contribution >= 4 is 29.9 Å². The molecule has 0 radical (unpaired) electrons. The molecule has 3 rings (SSSR count). The second-order valence-electron chi connectivity index (χ2n) is 6.89. The van der Waals surface area contributed by atoms with Gasteiger partial charge in [-0.25, -0.2) is 0 Å². The van der Waals surface area contributed by atoms with E-state index in [4.69, 9.17) is 16.1 Å². The summed E-state index contributed by atoms with van der Waals surface area (Å²) >= 11 is 5.88. The molecule has 0 saturated carbocycles. The Morgan fingerprint density at radius 2 is 2.07 bits per heavy atom. The molecule has 0 bridgehead atoms. The maximum atomic E-state index is 12.5. The number of benzene rings is 1. The fourth-order valence-corrected chi connectivity index (χ4v) is 3.07. The van der Waals surface area contributed by atoms with Crippen molar-refractivity contribution in [1.82, 2.24) is 25.7 Å². The lowest BCUT2D eigenvalue weighted by Gasteiger charge is -2.30. The second kappa shape index (κ2) is 9.50. The van der Waals surface area contributed by atoms with Crippen LogP contribution in [0.3, 0.4) is 0 Å². The van der Waals surface area contributed by atoms with Crippen LogP contribution in [0.15, 0.2) is 28.8 Å². The zero-order valence-electron chi connectivity index (χ0n) is 15.6. The molecule has 1 aliphatic rings. The standard InChI is InChI=1S/C18H24ClN5O2.ClH/c1-11(2)15(21-17(25)12-4-6-13(19)7-5-12)18-22-16(23-26-18)14-10-20-8-9-24(14)3;/h4-7,11,14-15,20H,8-10H2,1-3H3,(H,21,25);1H. The third-order valence-corrected chi connectivity index (χ3v) is 4.84. The zero-order valence-corrected chi connectivity index (χ0v) is 17.2. The molecule has 2 heterocycles. The first kappa shape index (κ1) is 21.6. The normalized spacial score (nSPS) is 18.8. The van der Waals surface area contributed by atoms with Gasteiger partial charge < -0.3 is 15.2 Å². The van der Waals surface area contributed by atoms with Crippen LogP contribution < -0.4 is 10.6 Å². The third-order valence-electron chi connectivity index (χ3n) is 4.59. The van der Waals surface area contributed by atoms with E-state index in [0.717, 1.165) is 19.6 Å². The molecule has 1 aromatic heterocycles. The quantitative estimate of drug-likeness (QED) is 0.783. The molecule has 1 amide bonds. The minimum absolute atomic E-state index is 0. The molecule has 1 saturated heterocycles. The molecule has 1 fully saturated rings. The summed E-state index contributed by atoms with van der Waals surface area (Å²) in [5, 5.41) is 11.1. The monoisotopic (exact) mass is 413 g/mol. The highest BCUT2D eigenvalue weighted by Gasteiger charge is 2.29. The van der Waals surface area contributed by atoms with Crippen LogP contribution >= 0.6 is 24.0 Å². The number of amides is 1. The van der Waals surface area contributed by atoms with Crippen LogP contribution in [0.4, 0.5) is 0 Å². The number of piperazine rings is 1. The first-order chi connectivity index (χ1) is 12.5. The fourth-order valence-electron chi connectivity index (χ4n) is 2.94. The van der Waals surface area contributed by atoms with Gasteiger partial charge >= 0.3 is 0 Å². The maximum Gasteiger partial charge on any atom is 0.251 e. The van der Waals surface area contributed by atoms with Crippen LogP contribution in [0, 0.1) is 5.92 Å². The Morgan fingerprint density at radius 1 is 1.37 bits per heavy atom. The van der Waals surface area contributed by atoms with Crippen LogP contribution in [-0.4, -0.2) is 47.6 Å². The molecule has 148 valence electrons. The summed E-state index contributed by atoms with van der Waals surface area (Å²) in [5.41, 5.74) is 0.538. The highest BCUT2D eigenvalue weighted by molar-refractivity contribution is 6.30. The summed E-state index contributed by atoms with van der Waals surface area (Å²) in [6.07, 6.45) is 0. The number of carbonyl (C=O) groups excluding carboxylic acids is 1. The third kappa shape index (κ3) is 5.19. The highest BCUT2D eigenvalue weighted by atomic mass is 35.5. The fraction of sp³-hybridized carbons (Fsp3) is 0.500. The number of nitrogens with zero attached hydrogens (tertiary/aromatic N) is 3. The smallest absolute Gasteiger partial charge is 0.251 e. The SMILES string of the molecule is CC(C)C(NC(=O)c1ccc(Cl)cc1)c1nc(C2CNCCN2C)no1.Cl. The average molecular weight is 414 g/mol. The van der Waals surface area contributed by atoms with Crippen LogP contribution in [0.5, 0.6) is 0 Å². The van der Waals surface area contributed by atoms with Gasteiger partial charge in [-0.05, 0) is 37.2 Å². The van der Waals surface area contributed by atoms with Crippen molar-refractivity contribution in [3.05, 3.63) is 46.6 Å². The predicted molar refractivity (Wildman–Crippen MR) is 106 cm³/mol. The summed E-state index contributed by atoms with van der Waals surface area (Å²) in [6.45, 7) is 6.66. The summed E-state index contributed by atoms with van der Waals surface area (Å²) in [7, 11) is 2.05. The van der Waals surface area contributed by atoms with Gasteiger partial charge in [-0.1, -0.05) is 30.6 Å². The van der Waals surface area contributed by atoms with E-state index in [1.165, 1.54) is 0 Å². The van der Waals surface area contributed by atoms with Gasteiger partial charge in [0.15, 0.2) is 5.82 Å². The Balaban J connectivity index is 0.00000261. The molecule has 2 aromatic rings. The average Bonchev–Trinajstić information content (AvgIpc) is 3.09. The number of halogens is 2. The minimum Gasteiger partial charge on any atom is -0.340 e. The van der Waals surface area contributed by atoms with Crippen molar-refractivity contribution in [2.75, 3.05) is 26.7 Å². The first-order valence-corrected chi connectivity index (χ1v) is 9.14. The Kier molecular flexibility index (Phi) is 7.61. The molecule has 9 heteroatoms. The number of carbonyl (C=O) groups is 1. The molecule has 1 aliphatic heterocycles. The number of hydrogen-bond acceptors (Lipinski definition) is 6. The first-order valence-electron chi connectivity index (χ1n) is 8.76. The van der Waals surface area contributed by atoms with Gasteiger partial charge in [-0.2, -0.15) is 4.98 Å². The van der Waals surface area contributed by atoms with Crippen LogP contribution in [0.25, 0.3) is 0 Å². The number of aromatic nitrogens is 2. The van der Waals surface area contributed by atoms with Gasteiger partial charge in [-0.15, -0.1) is 12.4 Å². The summed E-state index contributed by atoms with van der Waals surface area (Å²) < 4.78 is 5.49. The second-order valence-corrected chi connectivity index (χ2v) is 7.33. The van der Waals surface area contributed by atoms with E-state index < -0.39 is 0 Å². The van der Waals surface area contributed by atoms with E-state index >= 15 is 0 Å². The Labute approximate surface area is 170 Å². The van der Waals surface area contributed by atoms with Gasteiger partial charge in [-0.3, -0.25) is 9.69 Å². The molecule has 2 N–H and O–H groups in total. The lowest BCUT2D eigenvalue weighted by molar-refractivity contribution is 0.0914. The van der Waals surface area contributed by atoms with Crippen molar-refractivity contribution in [3.8, 4) is 0 Å². The summed E-state index contributed by atoms with van der Waals surface area (Å²) in [4.78, 5) is 19.3. The van der Waals surface area contributed by atoms with Crippen LogP contribution in [0.2, 0.25) is 5.02 Å². The van der Waals surface area contributed by atoms with E-state index in [9.17, 15) is 4.79 Å². The number of nitrogens with one attached hydrogen (secondary N) is 2. The minimum atomic E-state index is -0.360. The van der Waals surface area contributed by atoms with E-state index in [-0.39, 0.29) is 36.3 Å². The number of likely N-dealkylation sites (N-methyl/N-ethyl adjacent to an activating group) is 1. The molecule has 1 aromatic carbocycles. The van der Waals surface area contributed by atoms with Crippen molar-refractivity contribution in [1.29, 1.82) is 0 Å².